The van der Waals surface area contributed by atoms with Crippen LogP contribution in [0, 0.1) is 0 Å². The molecule has 4 heteroatoms. The van der Waals surface area contributed by atoms with Gasteiger partial charge in [-0.3, -0.25) is 4.79 Å². The first kappa shape index (κ1) is 9.73. The first-order valence-corrected chi connectivity index (χ1v) is 6.16. The molecule has 1 rings (SSSR count). The van der Waals surface area contributed by atoms with Gasteiger partial charge in [-0.15, -0.1) is 0 Å². The molecule has 70 valence electrons. The predicted molar refractivity (Wildman–Crippen MR) is 48.6 cm³/mol. The number of hydrogen-bond donors (Lipinski definition) is 0. The van der Waals surface area contributed by atoms with E-state index in [1.807, 2.05) is 0 Å². The summed E-state index contributed by atoms with van der Waals surface area (Å²) in [6.07, 6.45) is 0. The molecule has 1 saturated heterocycles. The number of hydrogen-bond acceptors (Lipinski definition) is 3. The van der Waals surface area contributed by atoms with Gasteiger partial charge in [-0.25, -0.2) is 0 Å². The summed E-state index contributed by atoms with van der Waals surface area (Å²) in [5.74, 6) is -0.132. The molecule has 0 aliphatic carbocycles. The molecule has 0 spiro atoms. The average Bonchev–Trinajstić information content (AvgIpc) is 1.80. The topological polar surface area (TPSA) is 35.5 Å². The quantitative estimate of drug-likeness (QED) is 0.622. The molecule has 1 atom stereocenters. The van der Waals surface area contributed by atoms with Gasteiger partial charge in [0.1, 0.15) is 0 Å². The van der Waals surface area contributed by atoms with Crippen molar-refractivity contribution in [3.05, 3.63) is 0 Å². The Labute approximate surface area is 74.8 Å². The van der Waals surface area contributed by atoms with E-state index in [-0.39, 0.29) is 5.97 Å². The van der Waals surface area contributed by atoms with Crippen LogP contribution >= 0.6 is 0 Å². The van der Waals surface area contributed by atoms with Gasteiger partial charge >= 0.3 is 0 Å². The number of carbonyl (C=O) groups is 1. The summed E-state index contributed by atoms with van der Waals surface area (Å²) < 4.78 is 10.4. The van der Waals surface area contributed by atoms with Crippen LogP contribution in [0.4, 0.5) is 0 Å². The summed E-state index contributed by atoms with van der Waals surface area (Å²) in [6.45, 7) is 7.32. The molecule has 1 heterocycles. The Morgan fingerprint density at radius 3 is 2.42 bits per heavy atom. The standard InChI is InChI=1S/C8H16O3Si/c1-6(2)12(11-7(3)9)8-4-10-5-8/h6,8,12H,4-5H2,1-3H3. The van der Waals surface area contributed by atoms with Crippen molar-refractivity contribution < 1.29 is 14.0 Å². The van der Waals surface area contributed by atoms with Crippen LogP contribution in [0.15, 0.2) is 0 Å². The van der Waals surface area contributed by atoms with Crippen LogP contribution in [0.5, 0.6) is 0 Å². The van der Waals surface area contributed by atoms with E-state index in [2.05, 4.69) is 13.8 Å². The van der Waals surface area contributed by atoms with Crippen molar-refractivity contribution >= 4 is 15.0 Å². The van der Waals surface area contributed by atoms with Gasteiger partial charge in [-0.05, 0) is 5.54 Å². The molecule has 0 aromatic heterocycles. The van der Waals surface area contributed by atoms with Gasteiger partial charge in [0.2, 0.25) is 9.04 Å². The molecule has 1 unspecified atom stereocenters. The Kier molecular flexibility index (Phi) is 3.28. The number of ether oxygens (including phenoxy) is 1. The molecule has 1 aliphatic heterocycles. The second kappa shape index (κ2) is 4.05. The van der Waals surface area contributed by atoms with Crippen molar-refractivity contribution in [1.82, 2.24) is 0 Å². The van der Waals surface area contributed by atoms with Crippen LogP contribution in [0.1, 0.15) is 20.8 Å². The SMILES string of the molecule is CC(=O)O[SiH](C(C)C)C1COC1. The highest BCUT2D eigenvalue weighted by Gasteiger charge is 2.35. The van der Waals surface area contributed by atoms with Gasteiger partial charge in [-0.2, -0.15) is 0 Å². The van der Waals surface area contributed by atoms with Crippen molar-refractivity contribution in [3.8, 4) is 0 Å². The maximum Gasteiger partial charge on any atom is 0.289 e. The third kappa shape index (κ3) is 2.32. The minimum absolute atomic E-state index is 0.132. The zero-order chi connectivity index (χ0) is 9.14. The minimum atomic E-state index is -1.35. The van der Waals surface area contributed by atoms with Crippen LogP contribution in [0.2, 0.25) is 11.1 Å². The predicted octanol–water partition coefficient (Wildman–Crippen LogP) is 1.08. The number of carbonyl (C=O) groups excluding carboxylic acids is 1. The lowest BCUT2D eigenvalue weighted by molar-refractivity contribution is -0.132. The first-order valence-electron chi connectivity index (χ1n) is 4.36. The van der Waals surface area contributed by atoms with Gasteiger partial charge in [-0.1, -0.05) is 13.8 Å². The maximum absolute atomic E-state index is 10.8. The molecule has 0 aromatic rings. The smallest absolute Gasteiger partial charge is 0.289 e. The lowest BCUT2D eigenvalue weighted by Gasteiger charge is -2.33. The van der Waals surface area contributed by atoms with E-state index in [1.165, 1.54) is 6.92 Å². The molecule has 12 heavy (non-hydrogen) atoms. The van der Waals surface area contributed by atoms with Crippen molar-refractivity contribution in [2.24, 2.45) is 0 Å². The van der Waals surface area contributed by atoms with E-state index >= 15 is 0 Å². The van der Waals surface area contributed by atoms with Gasteiger partial charge in [0, 0.05) is 12.5 Å². The van der Waals surface area contributed by atoms with E-state index in [1.54, 1.807) is 0 Å². The minimum Gasteiger partial charge on any atom is -0.521 e. The third-order valence-corrected chi connectivity index (χ3v) is 5.32. The highest BCUT2D eigenvalue weighted by Crippen LogP contribution is 2.28. The van der Waals surface area contributed by atoms with Gasteiger partial charge in [0.15, 0.2) is 0 Å². The fourth-order valence-corrected chi connectivity index (χ4v) is 4.00. The summed E-state index contributed by atoms with van der Waals surface area (Å²) in [5, 5.41) is 0. The number of rotatable bonds is 3. The highest BCUT2D eigenvalue weighted by molar-refractivity contribution is 6.57. The van der Waals surface area contributed by atoms with Gasteiger partial charge in [0.25, 0.3) is 5.97 Å². The van der Waals surface area contributed by atoms with Gasteiger partial charge in [0.05, 0.1) is 13.2 Å². The average molecular weight is 188 g/mol. The van der Waals surface area contributed by atoms with Crippen molar-refractivity contribution in [2.45, 2.75) is 31.9 Å². The third-order valence-electron chi connectivity index (χ3n) is 2.09. The summed E-state index contributed by atoms with van der Waals surface area (Å²) >= 11 is 0. The Bertz CT molecular complexity index is 166. The van der Waals surface area contributed by atoms with Crippen LogP contribution in [0.3, 0.4) is 0 Å². The molecule has 0 bridgehead atoms. The second-order valence-electron chi connectivity index (χ2n) is 3.62. The maximum atomic E-state index is 10.8. The fourth-order valence-electron chi connectivity index (χ4n) is 1.41. The summed E-state index contributed by atoms with van der Waals surface area (Å²) in [6, 6.07) is 0. The molecular weight excluding hydrogens is 172 g/mol. The molecule has 3 nitrogen and oxygen atoms in total. The van der Waals surface area contributed by atoms with Crippen LogP contribution < -0.4 is 0 Å². The monoisotopic (exact) mass is 188 g/mol. The van der Waals surface area contributed by atoms with E-state index < -0.39 is 9.04 Å². The highest BCUT2D eigenvalue weighted by atomic mass is 28.3. The lowest BCUT2D eigenvalue weighted by Crippen LogP contribution is -2.40. The molecule has 1 aliphatic rings. The lowest BCUT2D eigenvalue weighted by atomic mass is 10.4. The Balaban J connectivity index is 2.42. The molecule has 0 radical (unpaired) electrons. The largest absolute Gasteiger partial charge is 0.521 e. The first-order chi connectivity index (χ1) is 5.61. The van der Waals surface area contributed by atoms with E-state index in [0.29, 0.717) is 11.1 Å². The van der Waals surface area contributed by atoms with Gasteiger partial charge < -0.3 is 9.16 Å². The molecule has 0 amide bonds. The molecule has 1 fully saturated rings. The Hall–Kier alpha value is -0.353. The molecule has 0 aromatic carbocycles. The summed E-state index contributed by atoms with van der Waals surface area (Å²) in [5.41, 5.74) is 1.07. The van der Waals surface area contributed by atoms with Crippen LogP contribution in [-0.2, 0) is 14.0 Å². The molecular formula is C8H16O3Si. The van der Waals surface area contributed by atoms with Crippen molar-refractivity contribution in [1.29, 1.82) is 0 Å². The fraction of sp³-hybridized carbons (Fsp3) is 0.875. The second-order valence-corrected chi connectivity index (χ2v) is 7.06. The summed E-state index contributed by atoms with van der Waals surface area (Å²) in [7, 11) is -1.35. The van der Waals surface area contributed by atoms with E-state index in [9.17, 15) is 4.79 Å². The Morgan fingerprint density at radius 2 is 2.17 bits per heavy atom. The normalized spacial score (nSPS) is 20.3. The van der Waals surface area contributed by atoms with Crippen molar-refractivity contribution in [2.75, 3.05) is 13.2 Å². The zero-order valence-electron chi connectivity index (χ0n) is 7.87. The molecule has 0 saturated carbocycles. The summed E-state index contributed by atoms with van der Waals surface area (Å²) in [4.78, 5) is 10.8. The molecule has 0 N–H and O–H groups in total. The van der Waals surface area contributed by atoms with Crippen LogP contribution in [-0.4, -0.2) is 28.2 Å². The zero-order valence-corrected chi connectivity index (χ0v) is 9.03. The van der Waals surface area contributed by atoms with Crippen LogP contribution in [0.25, 0.3) is 0 Å². The van der Waals surface area contributed by atoms with E-state index in [0.717, 1.165) is 13.2 Å². The van der Waals surface area contributed by atoms with E-state index in [4.69, 9.17) is 9.16 Å². The van der Waals surface area contributed by atoms with Crippen molar-refractivity contribution in [3.63, 3.8) is 0 Å². The Morgan fingerprint density at radius 1 is 1.58 bits per heavy atom.